The second kappa shape index (κ2) is 8.42. The summed E-state index contributed by atoms with van der Waals surface area (Å²) >= 11 is 0.862. The van der Waals surface area contributed by atoms with E-state index >= 15 is 0 Å². The average molecular weight is 416 g/mol. The monoisotopic (exact) mass is 416 g/mol. The smallest absolute Gasteiger partial charge is 0.344 e. The van der Waals surface area contributed by atoms with E-state index in [9.17, 15) is 10.1 Å². The van der Waals surface area contributed by atoms with E-state index in [0.29, 0.717) is 6.42 Å². The van der Waals surface area contributed by atoms with Gasteiger partial charge in [0.05, 0.1) is 24.5 Å². The van der Waals surface area contributed by atoms with E-state index in [0.717, 1.165) is 75.1 Å². The molecule has 0 fully saturated rings. The van der Waals surface area contributed by atoms with Crippen molar-refractivity contribution in [1.29, 1.82) is 0 Å². The number of aliphatic carboxylic acids is 1. The highest BCUT2D eigenvalue weighted by molar-refractivity contribution is 7.94. The summed E-state index contributed by atoms with van der Waals surface area (Å²) in [4.78, 5) is 14.8. The van der Waals surface area contributed by atoms with Gasteiger partial charge in [-0.3, -0.25) is 9.83 Å². The van der Waals surface area contributed by atoms with Gasteiger partial charge in [0, 0.05) is 46.2 Å². The van der Waals surface area contributed by atoms with Crippen molar-refractivity contribution >= 4 is 50.9 Å². The van der Waals surface area contributed by atoms with E-state index in [1.165, 1.54) is 0 Å². The molecule has 0 aliphatic carbocycles. The Kier molecular flexibility index (Phi) is 5.72. The number of aryl methyl sites for hydroxylation is 2. The van der Waals surface area contributed by atoms with Crippen LogP contribution in [0.2, 0.25) is 0 Å². The highest BCUT2D eigenvalue weighted by Crippen LogP contribution is 2.32. The number of H-pyrrole nitrogens is 1. The molecule has 2 N–H and O–H groups in total. The Hall–Kier alpha value is -2.59. The fourth-order valence-electron chi connectivity index (χ4n) is 3.68. The van der Waals surface area contributed by atoms with Gasteiger partial charge in [-0.05, 0) is 31.0 Å². The first-order valence-electron chi connectivity index (χ1n) is 9.30. The first-order valence-corrected chi connectivity index (χ1v) is 10.0. The molecule has 2 aromatic heterocycles. The molecule has 0 aliphatic heterocycles. The summed E-state index contributed by atoms with van der Waals surface area (Å²) in [5.74, 6) is 0.0569. The van der Waals surface area contributed by atoms with Gasteiger partial charge in [-0.25, -0.2) is 0 Å². The topological polar surface area (TPSA) is 112 Å². The molecule has 29 heavy (non-hydrogen) atoms. The van der Waals surface area contributed by atoms with Crippen LogP contribution in [0.1, 0.15) is 31.6 Å². The molecule has 0 radical (unpaired) electrons. The number of unbranched alkanes of at least 4 members (excludes halogenated alkanes) is 2. The molecule has 0 unspecified atom stereocenters. The lowest BCUT2D eigenvalue weighted by Gasteiger charge is -2.03. The van der Waals surface area contributed by atoms with Gasteiger partial charge < -0.3 is 19.8 Å². The number of fused-ring (bicyclic) bond motifs is 4. The van der Waals surface area contributed by atoms with Gasteiger partial charge in [0.15, 0.2) is 6.54 Å². The number of aromatic nitrogens is 2. The van der Waals surface area contributed by atoms with E-state index in [1.54, 1.807) is 0 Å². The minimum atomic E-state index is -0.755. The Morgan fingerprint density at radius 1 is 1.21 bits per heavy atom. The summed E-state index contributed by atoms with van der Waals surface area (Å²) in [5, 5.41) is 24.3. The predicted molar refractivity (Wildman–Crippen MR) is 105 cm³/mol. The van der Waals surface area contributed by atoms with Crippen LogP contribution in [-0.2, 0) is 20.7 Å². The Bertz CT molecular complexity index is 1180. The number of carbonyl (C=O) groups is 1. The molecule has 0 saturated heterocycles. The quantitative estimate of drug-likeness (QED) is 0.141. The number of nitrogens with one attached hydrogen (secondary N) is 1. The average Bonchev–Trinajstić information content (AvgIpc) is 3.20. The normalized spacial score (nSPS) is 11.8. The summed E-state index contributed by atoms with van der Waals surface area (Å²) in [6, 6.07) is 9.79. The van der Waals surface area contributed by atoms with Crippen molar-refractivity contribution in [3.63, 3.8) is 0 Å². The van der Waals surface area contributed by atoms with Gasteiger partial charge >= 0.3 is 11.9 Å². The molecular weight excluding hydrogens is 396 g/mol. The second-order valence-electron chi connectivity index (χ2n) is 6.89. The maximum atomic E-state index is 10.7. The molecule has 9 heteroatoms. The summed E-state index contributed by atoms with van der Waals surface area (Å²) in [5.41, 5.74) is 3.71. The molecule has 0 atom stereocenters. The third-order valence-corrected chi connectivity index (χ3v) is 5.58. The van der Waals surface area contributed by atoms with Crippen molar-refractivity contribution in [2.75, 3.05) is 0 Å². The third kappa shape index (κ3) is 4.08. The van der Waals surface area contributed by atoms with E-state index in [2.05, 4.69) is 25.0 Å². The molecular formula is C20H20N2O6S. The van der Waals surface area contributed by atoms with Gasteiger partial charge in [0.2, 0.25) is 5.58 Å². The zero-order valence-corrected chi connectivity index (χ0v) is 16.6. The molecule has 4 rings (SSSR count). The van der Waals surface area contributed by atoms with Crippen molar-refractivity contribution in [1.82, 2.24) is 4.98 Å². The highest BCUT2D eigenvalue weighted by Gasteiger charge is 2.21. The van der Waals surface area contributed by atoms with E-state index in [-0.39, 0.29) is 6.42 Å². The van der Waals surface area contributed by atoms with Gasteiger partial charge in [0.25, 0.3) is 5.52 Å². The number of nitrogens with zero attached hydrogens (tertiary/aromatic N) is 1. The number of rotatable bonds is 9. The highest BCUT2D eigenvalue weighted by atomic mass is 32.2. The number of benzene rings is 2. The molecule has 152 valence electrons. The molecule has 2 heterocycles. The van der Waals surface area contributed by atoms with Crippen LogP contribution < -0.4 is 9.82 Å². The Balaban J connectivity index is 1.67. The molecule has 0 aliphatic rings. The Morgan fingerprint density at radius 3 is 2.83 bits per heavy atom. The summed E-state index contributed by atoms with van der Waals surface area (Å²) in [6.07, 6.45) is 2.61. The molecule has 0 spiro atoms. The standard InChI is InChI=1S/C20H20N2O6S/c1-12-22(8-4-2-3-5-20(23)24)18-10-15-14-9-13(29-28-27-25)6-7-16(14)21-17(15)11-19(18)26-12/h6-7,9-11,21H,2-5,8H2,1H3,(H-,23,24,25). The number of carboxylic acids is 1. The van der Waals surface area contributed by atoms with Crippen LogP contribution in [0.5, 0.6) is 0 Å². The van der Waals surface area contributed by atoms with Crippen LogP contribution in [0.25, 0.3) is 32.9 Å². The van der Waals surface area contributed by atoms with Crippen LogP contribution in [-0.4, -0.2) is 16.1 Å². The first kappa shape index (κ1) is 19.7. The van der Waals surface area contributed by atoms with Crippen LogP contribution in [0.3, 0.4) is 0 Å². The van der Waals surface area contributed by atoms with E-state index in [4.69, 9.17) is 9.52 Å². The summed E-state index contributed by atoms with van der Waals surface area (Å²) < 4.78 is 12.5. The third-order valence-electron chi connectivity index (χ3n) is 5.01. The number of hydrogen-bond acceptors (Lipinski definition) is 6. The maximum absolute atomic E-state index is 10.7. The lowest BCUT2D eigenvalue weighted by atomic mass is 10.1. The molecule has 2 aromatic carbocycles. The molecule has 4 aromatic rings. The number of aromatic amines is 1. The molecule has 0 bridgehead atoms. The predicted octanol–water partition coefficient (Wildman–Crippen LogP) is 3.54. The van der Waals surface area contributed by atoms with Gasteiger partial charge in [-0.1, -0.05) is 0 Å². The zero-order valence-electron chi connectivity index (χ0n) is 15.8. The van der Waals surface area contributed by atoms with E-state index < -0.39 is 5.97 Å². The van der Waals surface area contributed by atoms with Crippen LogP contribution in [0, 0.1) is 6.92 Å². The SMILES string of the molecule is Cc1oc2cc3[nH]c4ccc(SOO[O-])cc4c3cc2[n+]1CCCCCC(=O)O. The molecule has 0 amide bonds. The van der Waals surface area contributed by atoms with Gasteiger partial charge in [-0.15, -0.1) is 0 Å². The van der Waals surface area contributed by atoms with Crippen molar-refractivity contribution in [3.8, 4) is 0 Å². The fourth-order valence-corrected chi connectivity index (χ4v) is 4.07. The fraction of sp³-hybridized carbons (Fsp3) is 0.300. The van der Waals surface area contributed by atoms with Crippen molar-refractivity contribution in [2.24, 2.45) is 0 Å². The minimum absolute atomic E-state index is 0.202. The van der Waals surface area contributed by atoms with Crippen LogP contribution >= 0.6 is 12.0 Å². The minimum Gasteiger partial charge on any atom is -0.691 e. The number of hydrogen-bond donors (Lipinski definition) is 2. The second-order valence-corrected chi connectivity index (χ2v) is 7.67. The maximum Gasteiger partial charge on any atom is 0.344 e. The van der Waals surface area contributed by atoms with Gasteiger partial charge in [-0.2, -0.15) is 8.90 Å². The van der Waals surface area contributed by atoms with Crippen molar-refractivity contribution < 1.29 is 33.5 Å². The summed E-state index contributed by atoms with van der Waals surface area (Å²) in [6.45, 7) is 2.70. The van der Waals surface area contributed by atoms with Gasteiger partial charge in [0.1, 0.15) is 0 Å². The van der Waals surface area contributed by atoms with Crippen molar-refractivity contribution in [3.05, 3.63) is 36.2 Å². The molecule has 0 saturated carbocycles. The Morgan fingerprint density at radius 2 is 2.03 bits per heavy atom. The number of oxazole rings is 1. The largest absolute Gasteiger partial charge is 0.691 e. The lowest BCUT2D eigenvalue weighted by molar-refractivity contribution is -0.777. The Labute approximate surface area is 170 Å². The summed E-state index contributed by atoms with van der Waals surface area (Å²) in [7, 11) is 0. The molecule has 8 nitrogen and oxygen atoms in total. The van der Waals surface area contributed by atoms with E-state index in [1.807, 2.05) is 31.2 Å². The van der Waals surface area contributed by atoms with Crippen molar-refractivity contribution in [2.45, 2.75) is 44.0 Å². The van der Waals surface area contributed by atoms with Crippen LogP contribution in [0.15, 0.2) is 39.6 Å². The zero-order chi connectivity index (χ0) is 20.4. The lowest BCUT2D eigenvalue weighted by Crippen LogP contribution is -2.35. The van der Waals surface area contributed by atoms with Crippen LogP contribution in [0.4, 0.5) is 0 Å². The number of carboxylic acid groups (broad SMARTS) is 1. The first-order chi connectivity index (χ1) is 14.1.